The van der Waals surface area contributed by atoms with E-state index in [4.69, 9.17) is 0 Å². The van der Waals surface area contributed by atoms with Gasteiger partial charge in [0.15, 0.2) is 0 Å². The molecule has 0 amide bonds. The maximum atomic E-state index is 11.6. The molecule has 0 spiro atoms. The zero-order valence-electron chi connectivity index (χ0n) is 12.2. The minimum absolute atomic E-state index is 0.482. The fourth-order valence-corrected chi connectivity index (χ4v) is 2.57. The molecule has 1 nitrogen and oxygen atoms in total. The first kappa shape index (κ1) is 18.1. The zero-order valence-corrected chi connectivity index (χ0v) is 13.8. The lowest BCUT2D eigenvalue weighted by Crippen LogP contribution is -1.97. The van der Waals surface area contributed by atoms with Gasteiger partial charge in [0, 0.05) is 18.2 Å². The summed E-state index contributed by atoms with van der Waals surface area (Å²) in [6.45, 7) is 2.25. The topological polar surface area (TPSA) is 17.1 Å². The summed E-state index contributed by atoms with van der Waals surface area (Å²) < 4.78 is 0. The van der Waals surface area contributed by atoms with E-state index in [1.165, 1.54) is 57.8 Å². The van der Waals surface area contributed by atoms with E-state index in [0.29, 0.717) is 5.78 Å². The second-order valence-electron chi connectivity index (χ2n) is 5.26. The Kier molecular flexibility index (Phi) is 15.3. The molecule has 0 saturated heterocycles. The molecular weight excluding hydrogens is 288 g/mol. The van der Waals surface area contributed by atoms with Crippen LogP contribution in [0.1, 0.15) is 90.4 Å². The summed E-state index contributed by atoms with van der Waals surface area (Å²) in [6, 6.07) is 0. The van der Waals surface area contributed by atoms with Gasteiger partial charge < -0.3 is 0 Å². The molecule has 0 aromatic heterocycles. The molecule has 0 N–H and O–H groups in total. The third-order valence-electron chi connectivity index (χ3n) is 3.40. The standard InChI is InChI=1S/C16H31BrO/c1-2-3-4-5-6-7-8-10-13-16(18)14-11-9-12-15-17/h2-15H2,1H3. The highest BCUT2D eigenvalue weighted by Gasteiger charge is 2.01. The Morgan fingerprint density at radius 1 is 0.722 bits per heavy atom. The van der Waals surface area contributed by atoms with Gasteiger partial charge in [-0.2, -0.15) is 0 Å². The van der Waals surface area contributed by atoms with Crippen LogP contribution in [0, 0.1) is 0 Å². The lowest BCUT2D eigenvalue weighted by molar-refractivity contribution is -0.119. The number of alkyl halides is 1. The number of unbranched alkanes of at least 4 members (excludes halogenated alkanes) is 9. The van der Waals surface area contributed by atoms with Gasteiger partial charge in [0.05, 0.1) is 0 Å². The lowest BCUT2D eigenvalue weighted by atomic mass is 10.0. The van der Waals surface area contributed by atoms with Crippen LogP contribution in [-0.2, 0) is 4.79 Å². The van der Waals surface area contributed by atoms with Gasteiger partial charge in [-0.1, -0.05) is 74.2 Å². The highest BCUT2D eigenvalue weighted by Crippen LogP contribution is 2.11. The van der Waals surface area contributed by atoms with Gasteiger partial charge in [-0.05, 0) is 19.3 Å². The summed E-state index contributed by atoms with van der Waals surface area (Å²) in [5.74, 6) is 0.482. The summed E-state index contributed by atoms with van der Waals surface area (Å²) in [7, 11) is 0. The van der Waals surface area contributed by atoms with Gasteiger partial charge in [0.2, 0.25) is 0 Å². The molecule has 0 aliphatic rings. The predicted octanol–water partition coefficient (Wildman–Crippen LogP) is 6.04. The fraction of sp³-hybridized carbons (Fsp3) is 0.938. The highest BCUT2D eigenvalue weighted by atomic mass is 79.9. The number of carbonyl (C=O) groups is 1. The second-order valence-corrected chi connectivity index (χ2v) is 6.06. The fourth-order valence-electron chi connectivity index (χ4n) is 2.17. The molecule has 18 heavy (non-hydrogen) atoms. The Bertz CT molecular complexity index is 180. The number of rotatable bonds is 14. The minimum atomic E-state index is 0.482. The first-order valence-electron chi connectivity index (χ1n) is 7.89. The van der Waals surface area contributed by atoms with E-state index in [2.05, 4.69) is 22.9 Å². The Labute approximate surface area is 122 Å². The maximum Gasteiger partial charge on any atom is 0.132 e. The SMILES string of the molecule is CCCCCCCCCCC(=O)CCCCCBr. The van der Waals surface area contributed by atoms with E-state index >= 15 is 0 Å². The summed E-state index contributed by atoms with van der Waals surface area (Å²) in [6.07, 6.45) is 15.6. The van der Waals surface area contributed by atoms with Crippen molar-refractivity contribution in [2.75, 3.05) is 5.33 Å². The molecule has 0 heterocycles. The maximum absolute atomic E-state index is 11.6. The number of hydrogen-bond acceptors (Lipinski definition) is 1. The molecule has 0 aromatic rings. The number of halogens is 1. The number of hydrogen-bond donors (Lipinski definition) is 0. The molecule has 0 atom stereocenters. The second kappa shape index (κ2) is 15.2. The van der Waals surface area contributed by atoms with E-state index in [9.17, 15) is 4.79 Å². The number of Topliss-reactive ketones (excluding diaryl/α,β-unsaturated/α-hetero) is 1. The normalized spacial score (nSPS) is 10.8. The Balaban J connectivity index is 3.10. The summed E-state index contributed by atoms with van der Waals surface area (Å²) in [4.78, 5) is 11.6. The van der Waals surface area contributed by atoms with Gasteiger partial charge in [0.1, 0.15) is 5.78 Å². The van der Waals surface area contributed by atoms with Gasteiger partial charge >= 0.3 is 0 Å². The van der Waals surface area contributed by atoms with Gasteiger partial charge in [0.25, 0.3) is 0 Å². The van der Waals surface area contributed by atoms with Crippen LogP contribution < -0.4 is 0 Å². The van der Waals surface area contributed by atoms with Crippen molar-refractivity contribution in [3.8, 4) is 0 Å². The van der Waals surface area contributed by atoms with Crippen molar-refractivity contribution in [1.29, 1.82) is 0 Å². The Hall–Kier alpha value is 0.150. The molecule has 0 aromatic carbocycles. The first-order valence-corrected chi connectivity index (χ1v) is 9.01. The molecule has 0 aliphatic heterocycles. The van der Waals surface area contributed by atoms with E-state index < -0.39 is 0 Å². The van der Waals surface area contributed by atoms with Crippen LogP contribution in [0.3, 0.4) is 0 Å². The largest absolute Gasteiger partial charge is 0.300 e. The van der Waals surface area contributed by atoms with E-state index in [1.54, 1.807) is 0 Å². The van der Waals surface area contributed by atoms with Crippen molar-refractivity contribution >= 4 is 21.7 Å². The summed E-state index contributed by atoms with van der Waals surface area (Å²) in [5, 5.41) is 1.07. The van der Waals surface area contributed by atoms with Crippen LogP contribution in [-0.4, -0.2) is 11.1 Å². The molecule has 0 fully saturated rings. The van der Waals surface area contributed by atoms with E-state index in [1.807, 2.05) is 0 Å². The highest BCUT2D eigenvalue weighted by molar-refractivity contribution is 9.09. The predicted molar refractivity (Wildman–Crippen MR) is 84.5 cm³/mol. The van der Waals surface area contributed by atoms with Gasteiger partial charge in [-0.15, -0.1) is 0 Å². The quantitative estimate of drug-likeness (QED) is 0.282. The number of carbonyl (C=O) groups excluding carboxylic acids is 1. The van der Waals surface area contributed by atoms with Gasteiger partial charge in [-0.25, -0.2) is 0 Å². The Morgan fingerprint density at radius 3 is 1.67 bits per heavy atom. The van der Waals surface area contributed by atoms with Crippen LogP contribution in [0.25, 0.3) is 0 Å². The molecule has 0 unspecified atom stereocenters. The van der Waals surface area contributed by atoms with Crippen LogP contribution in [0.15, 0.2) is 0 Å². The minimum Gasteiger partial charge on any atom is -0.300 e. The smallest absolute Gasteiger partial charge is 0.132 e. The van der Waals surface area contributed by atoms with Crippen molar-refractivity contribution in [1.82, 2.24) is 0 Å². The molecular formula is C16H31BrO. The molecule has 0 aliphatic carbocycles. The Morgan fingerprint density at radius 2 is 1.17 bits per heavy atom. The third kappa shape index (κ3) is 14.2. The van der Waals surface area contributed by atoms with Crippen molar-refractivity contribution in [3.63, 3.8) is 0 Å². The van der Waals surface area contributed by atoms with Crippen LogP contribution in [0.4, 0.5) is 0 Å². The third-order valence-corrected chi connectivity index (χ3v) is 3.96. The molecule has 2 heteroatoms. The van der Waals surface area contributed by atoms with E-state index in [-0.39, 0.29) is 0 Å². The molecule has 0 radical (unpaired) electrons. The zero-order chi connectivity index (χ0) is 13.5. The van der Waals surface area contributed by atoms with Crippen LogP contribution in [0.2, 0.25) is 0 Å². The molecule has 0 saturated carbocycles. The van der Waals surface area contributed by atoms with Crippen molar-refractivity contribution < 1.29 is 4.79 Å². The lowest BCUT2D eigenvalue weighted by Gasteiger charge is -2.02. The van der Waals surface area contributed by atoms with Gasteiger partial charge in [-0.3, -0.25) is 4.79 Å². The summed E-state index contributed by atoms with van der Waals surface area (Å²) >= 11 is 3.41. The molecule has 0 bridgehead atoms. The average Bonchev–Trinajstić information content (AvgIpc) is 2.38. The van der Waals surface area contributed by atoms with Crippen molar-refractivity contribution in [2.24, 2.45) is 0 Å². The van der Waals surface area contributed by atoms with Crippen molar-refractivity contribution in [2.45, 2.75) is 90.4 Å². The van der Waals surface area contributed by atoms with E-state index in [0.717, 1.165) is 31.0 Å². The van der Waals surface area contributed by atoms with Crippen molar-refractivity contribution in [3.05, 3.63) is 0 Å². The average molecular weight is 319 g/mol. The molecule has 108 valence electrons. The monoisotopic (exact) mass is 318 g/mol. The summed E-state index contributed by atoms with van der Waals surface area (Å²) in [5.41, 5.74) is 0. The number of ketones is 1. The van der Waals surface area contributed by atoms with Crippen LogP contribution >= 0.6 is 15.9 Å². The molecule has 0 rings (SSSR count). The first-order chi connectivity index (χ1) is 8.81. The van der Waals surface area contributed by atoms with Crippen LogP contribution in [0.5, 0.6) is 0 Å².